The van der Waals surface area contributed by atoms with E-state index in [9.17, 15) is 13.2 Å². The number of rotatable bonds is 2. The fourth-order valence-electron chi connectivity index (χ4n) is 1.16. The molecule has 1 rings (SSSR count). The second-order valence-electron chi connectivity index (χ2n) is 2.67. The third-order valence-electron chi connectivity index (χ3n) is 1.75. The van der Waals surface area contributed by atoms with E-state index < -0.39 is 12.2 Å². The Kier molecular flexibility index (Phi) is 2.93. The lowest BCUT2D eigenvalue weighted by molar-refractivity contribution is -0.156. The molecule has 1 atom stereocenters. The first-order valence-electron chi connectivity index (χ1n) is 3.84. The summed E-state index contributed by atoms with van der Waals surface area (Å²) in [6, 6.07) is 6.20. The average Bonchev–Trinajstić information content (AvgIpc) is 2.05. The molecule has 0 saturated heterocycles. The van der Waals surface area contributed by atoms with Crippen LogP contribution in [0.25, 0.3) is 0 Å². The van der Waals surface area contributed by atoms with Crippen LogP contribution < -0.4 is 5.32 Å². The summed E-state index contributed by atoms with van der Waals surface area (Å²) in [4.78, 5) is 0. The van der Waals surface area contributed by atoms with Crippen LogP contribution in [-0.2, 0) is 0 Å². The SMILES string of the molecule is CN[C@@H](c1ccccc1)C(F)(F)F. The van der Waals surface area contributed by atoms with Crippen LogP contribution in [0.15, 0.2) is 30.3 Å². The molecule has 72 valence electrons. The van der Waals surface area contributed by atoms with Gasteiger partial charge < -0.3 is 5.32 Å². The average molecular weight is 189 g/mol. The summed E-state index contributed by atoms with van der Waals surface area (Å²) < 4.78 is 37.0. The molecular formula is C9H10F3N. The number of benzene rings is 1. The van der Waals surface area contributed by atoms with Gasteiger partial charge in [-0.1, -0.05) is 30.3 Å². The van der Waals surface area contributed by atoms with Crippen LogP contribution >= 0.6 is 0 Å². The summed E-state index contributed by atoms with van der Waals surface area (Å²) in [5.74, 6) is 0. The molecule has 13 heavy (non-hydrogen) atoms. The summed E-state index contributed by atoms with van der Waals surface area (Å²) >= 11 is 0. The van der Waals surface area contributed by atoms with E-state index in [1.54, 1.807) is 18.2 Å². The van der Waals surface area contributed by atoms with E-state index >= 15 is 0 Å². The molecule has 0 fully saturated rings. The highest BCUT2D eigenvalue weighted by molar-refractivity contribution is 5.20. The van der Waals surface area contributed by atoms with Gasteiger partial charge in [-0.3, -0.25) is 0 Å². The minimum atomic E-state index is -4.24. The van der Waals surface area contributed by atoms with Crippen molar-refractivity contribution in [2.45, 2.75) is 12.2 Å². The molecule has 0 heterocycles. The molecule has 1 nitrogen and oxygen atoms in total. The highest BCUT2D eigenvalue weighted by Crippen LogP contribution is 2.31. The van der Waals surface area contributed by atoms with Crippen molar-refractivity contribution < 1.29 is 13.2 Å². The molecule has 0 spiro atoms. The van der Waals surface area contributed by atoms with Crippen molar-refractivity contribution in [2.75, 3.05) is 7.05 Å². The Morgan fingerprint density at radius 3 is 2.08 bits per heavy atom. The van der Waals surface area contributed by atoms with Crippen molar-refractivity contribution in [1.29, 1.82) is 0 Å². The number of hydrogen-bond acceptors (Lipinski definition) is 1. The molecule has 1 aromatic rings. The van der Waals surface area contributed by atoms with Crippen LogP contribution in [0.3, 0.4) is 0 Å². The molecule has 0 aliphatic rings. The number of alkyl halides is 3. The lowest BCUT2D eigenvalue weighted by Crippen LogP contribution is -2.31. The van der Waals surface area contributed by atoms with Gasteiger partial charge in [-0.15, -0.1) is 0 Å². The van der Waals surface area contributed by atoms with Gasteiger partial charge in [-0.05, 0) is 12.6 Å². The molecule has 0 aliphatic carbocycles. The zero-order valence-electron chi connectivity index (χ0n) is 7.10. The predicted octanol–water partition coefficient (Wildman–Crippen LogP) is 2.51. The van der Waals surface area contributed by atoms with Gasteiger partial charge in [0.2, 0.25) is 0 Å². The maximum Gasteiger partial charge on any atom is 0.407 e. The summed E-state index contributed by atoms with van der Waals surface area (Å²) in [5.41, 5.74) is 0.234. The lowest BCUT2D eigenvalue weighted by atomic mass is 10.1. The molecule has 0 aromatic heterocycles. The van der Waals surface area contributed by atoms with Crippen LogP contribution in [0.5, 0.6) is 0 Å². The molecule has 0 aliphatic heterocycles. The predicted molar refractivity (Wildman–Crippen MR) is 44.3 cm³/mol. The van der Waals surface area contributed by atoms with Crippen LogP contribution in [0, 0.1) is 0 Å². The van der Waals surface area contributed by atoms with Gasteiger partial charge in [0, 0.05) is 0 Å². The standard InChI is InChI=1S/C9H10F3N/c1-13-8(9(10,11)12)7-5-3-2-4-6-7/h2-6,8,13H,1H3/t8-/m0/s1. The smallest absolute Gasteiger partial charge is 0.306 e. The van der Waals surface area contributed by atoms with E-state index in [1.165, 1.54) is 19.2 Å². The molecule has 0 saturated carbocycles. The number of halogens is 3. The quantitative estimate of drug-likeness (QED) is 0.753. The van der Waals surface area contributed by atoms with E-state index in [0.29, 0.717) is 0 Å². The molecular weight excluding hydrogens is 179 g/mol. The van der Waals surface area contributed by atoms with E-state index in [0.717, 1.165) is 0 Å². The molecule has 0 unspecified atom stereocenters. The van der Waals surface area contributed by atoms with E-state index in [4.69, 9.17) is 0 Å². The first-order chi connectivity index (χ1) is 6.05. The first kappa shape index (κ1) is 10.1. The van der Waals surface area contributed by atoms with E-state index in [1.807, 2.05) is 0 Å². The van der Waals surface area contributed by atoms with Crippen molar-refractivity contribution in [3.05, 3.63) is 35.9 Å². The number of hydrogen-bond donors (Lipinski definition) is 1. The maximum absolute atomic E-state index is 12.3. The normalized spacial score (nSPS) is 14.2. The van der Waals surface area contributed by atoms with Gasteiger partial charge in [-0.25, -0.2) is 0 Å². The second-order valence-corrected chi connectivity index (χ2v) is 2.67. The Bertz CT molecular complexity index is 255. The monoisotopic (exact) mass is 189 g/mol. The maximum atomic E-state index is 12.3. The molecule has 0 radical (unpaired) electrons. The van der Waals surface area contributed by atoms with Crippen LogP contribution in [0.2, 0.25) is 0 Å². The Labute approximate surface area is 74.6 Å². The van der Waals surface area contributed by atoms with Crippen LogP contribution in [0.1, 0.15) is 11.6 Å². The molecule has 4 heteroatoms. The topological polar surface area (TPSA) is 12.0 Å². The zero-order chi connectivity index (χ0) is 9.90. The van der Waals surface area contributed by atoms with Crippen molar-refractivity contribution >= 4 is 0 Å². The van der Waals surface area contributed by atoms with Crippen LogP contribution in [0.4, 0.5) is 13.2 Å². The van der Waals surface area contributed by atoms with Gasteiger partial charge in [0.1, 0.15) is 6.04 Å². The van der Waals surface area contributed by atoms with Gasteiger partial charge in [-0.2, -0.15) is 13.2 Å². The van der Waals surface area contributed by atoms with Gasteiger partial charge in [0.15, 0.2) is 0 Å². The molecule has 0 amide bonds. The van der Waals surface area contributed by atoms with Crippen molar-refractivity contribution in [3.8, 4) is 0 Å². The Morgan fingerprint density at radius 1 is 1.15 bits per heavy atom. The van der Waals surface area contributed by atoms with Crippen molar-refractivity contribution in [2.24, 2.45) is 0 Å². The molecule has 0 bridgehead atoms. The minimum Gasteiger partial charge on any atom is -0.306 e. The third-order valence-corrected chi connectivity index (χ3v) is 1.75. The highest BCUT2D eigenvalue weighted by atomic mass is 19.4. The Hall–Kier alpha value is -1.03. The Morgan fingerprint density at radius 2 is 1.69 bits per heavy atom. The zero-order valence-corrected chi connectivity index (χ0v) is 7.10. The fraction of sp³-hybridized carbons (Fsp3) is 0.333. The largest absolute Gasteiger partial charge is 0.407 e. The summed E-state index contributed by atoms with van der Waals surface area (Å²) in [6.07, 6.45) is -4.24. The minimum absolute atomic E-state index is 0.234. The summed E-state index contributed by atoms with van der Waals surface area (Å²) in [5, 5.41) is 2.23. The van der Waals surface area contributed by atoms with E-state index in [2.05, 4.69) is 5.32 Å². The van der Waals surface area contributed by atoms with Gasteiger partial charge in [0.25, 0.3) is 0 Å². The summed E-state index contributed by atoms with van der Waals surface area (Å²) in [6.45, 7) is 0. The fourth-order valence-corrected chi connectivity index (χ4v) is 1.16. The molecule has 1 N–H and O–H groups in total. The van der Waals surface area contributed by atoms with Crippen molar-refractivity contribution in [1.82, 2.24) is 5.32 Å². The van der Waals surface area contributed by atoms with Crippen LogP contribution in [-0.4, -0.2) is 13.2 Å². The molecule has 1 aromatic carbocycles. The first-order valence-corrected chi connectivity index (χ1v) is 3.84. The summed E-state index contributed by atoms with van der Waals surface area (Å²) in [7, 11) is 1.30. The van der Waals surface area contributed by atoms with Crippen molar-refractivity contribution in [3.63, 3.8) is 0 Å². The van der Waals surface area contributed by atoms with E-state index in [-0.39, 0.29) is 5.56 Å². The van der Waals surface area contributed by atoms with Gasteiger partial charge in [0.05, 0.1) is 0 Å². The Balaban J connectivity index is 2.92. The lowest BCUT2D eigenvalue weighted by Gasteiger charge is -2.19. The van der Waals surface area contributed by atoms with Gasteiger partial charge >= 0.3 is 6.18 Å². The highest BCUT2D eigenvalue weighted by Gasteiger charge is 2.39. The number of nitrogens with one attached hydrogen (secondary N) is 1. The second kappa shape index (κ2) is 3.79. The third kappa shape index (κ3) is 2.45.